The molecule has 2 heterocycles. The molecular formula is C24H31FN6O2. The van der Waals surface area contributed by atoms with Crippen LogP contribution in [0, 0.1) is 5.82 Å². The van der Waals surface area contributed by atoms with Crippen LogP contribution in [-0.2, 0) is 13.0 Å². The van der Waals surface area contributed by atoms with Crippen molar-refractivity contribution in [2.45, 2.75) is 32.4 Å². The summed E-state index contributed by atoms with van der Waals surface area (Å²) in [7, 11) is 3.28. The van der Waals surface area contributed by atoms with Crippen molar-refractivity contribution in [3.8, 4) is 11.5 Å². The summed E-state index contributed by atoms with van der Waals surface area (Å²) in [6, 6.07) is 12.8. The van der Waals surface area contributed by atoms with Crippen molar-refractivity contribution in [1.29, 1.82) is 0 Å². The molecule has 0 saturated carbocycles. The summed E-state index contributed by atoms with van der Waals surface area (Å²) in [4.78, 5) is 4.74. The third-order valence-corrected chi connectivity index (χ3v) is 6.25. The Bertz CT molecular complexity index is 1030. The van der Waals surface area contributed by atoms with Crippen molar-refractivity contribution < 1.29 is 13.9 Å². The Kier molecular flexibility index (Phi) is 7.39. The molecular weight excluding hydrogens is 423 g/mol. The molecule has 176 valence electrons. The fourth-order valence-corrected chi connectivity index (χ4v) is 4.43. The van der Waals surface area contributed by atoms with E-state index in [-0.39, 0.29) is 11.9 Å². The van der Waals surface area contributed by atoms with E-state index >= 15 is 0 Å². The highest BCUT2D eigenvalue weighted by Crippen LogP contribution is 2.29. The number of aryl methyl sites for hydroxylation is 2. The molecule has 1 saturated heterocycles. The van der Waals surface area contributed by atoms with Gasteiger partial charge in [0.05, 0.1) is 20.3 Å². The lowest BCUT2D eigenvalue weighted by atomic mass is 10.1. The van der Waals surface area contributed by atoms with Gasteiger partial charge in [-0.2, -0.15) is 0 Å². The first-order valence-electron chi connectivity index (χ1n) is 11.3. The number of methoxy groups -OCH3 is 2. The summed E-state index contributed by atoms with van der Waals surface area (Å²) in [6.45, 7) is 6.43. The second kappa shape index (κ2) is 10.6. The normalized spacial score (nSPS) is 15.5. The molecule has 9 heteroatoms. The van der Waals surface area contributed by atoms with E-state index in [0.29, 0.717) is 6.54 Å². The predicted molar refractivity (Wildman–Crippen MR) is 124 cm³/mol. The van der Waals surface area contributed by atoms with Crippen LogP contribution in [-0.4, -0.2) is 65.5 Å². The fourth-order valence-electron chi connectivity index (χ4n) is 4.43. The lowest BCUT2D eigenvalue weighted by Crippen LogP contribution is -2.48. The molecule has 8 nitrogen and oxygen atoms in total. The van der Waals surface area contributed by atoms with Gasteiger partial charge in [-0.05, 0) is 65.2 Å². The van der Waals surface area contributed by atoms with E-state index in [1.165, 1.54) is 12.1 Å². The van der Waals surface area contributed by atoms with Crippen molar-refractivity contribution in [2.75, 3.05) is 45.3 Å². The second-order valence-electron chi connectivity index (χ2n) is 8.12. The summed E-state index contributed by atoms with van der Waals surface area (Å²) < 4.78 is 25.9. The number of anilines is 1. The largest absolute Gasteiger partial charge is 0.493 e. The quantitative estimate of drug-likeness (QED) is 0.491. The Morgan fingerprint density at radius 3 is 2.36 bits per heavy atom. The first-order chi connectivity index (χ1) is 16.1. The number of ether oxygens (including phenoxy) is 2. The number of benzene rings is 2. The minimum Gasteiger partial charge on any atom is -0.493 e. The Morgan fingerprint density at radius 2 is 1.70 bits per heavy atom. The highest BCUT2D eigenvalue weighted by atomic mass is 19.1. The van der Waals surface area contributed by atoms with Gasteiger partial charge < -0.3 is 14.4 Å². The van der Waals surface area contributed by atoms with Gasteiger partial charge in [-0.1, -0.05) is 13.0 Å². The average molecular weight is 455 g/mol. The van der Waals surface area contributed by atoms with Crippen LogP contribution in [0.25, 0.3) is 0 Å². The molecule has 1 aromatic heterocycles. The van der Waals surface area contributed by atoms with E-state index in [4.69, 9.17) is 9.47 Å². The van der Waals surface area contributed by atoms with E-state index in [2.05, 4.69) is 32.2 Å². The van der Waals surface area contributed by atoms with Gasteiger partial charge in [-0.25, -0.2) is 9.07 Å². The molecule has 0 bridgehead atoms. The van der Waals surface area contributed by atoms with E-state index in [9.17, 15) is 4.39 Å². The van der Waals surface area contributed by atoms with E-state index in [1.54, 1.807) is 14.2 Å². The minimum atomic E-state index is -0.205. The second-order valence-corrected chi connectivity index (χ2v) is 8.12. The van der Waals surface area contributed by atoms with Crippen LogP contribution in [0.2, 0.25) is 0 Å². The zero-order valence-corrected chi connectivity index (χ0v) is 19.4. The maximum atomic E-state index is 13.2. The van der Waals surface area contributed by atoms with Crippen molar-refractivity contribution in [3.63, 3.8) is 0 Å². The Hall–Kier alpha value is -3.20. The summed E-state index contributed by atoms with van der Waals surface area (Å²) >= 11 is 0. The van der Waals surface area contributed by atoms with Gasteiger partial charge in [0.2, 0.25) is 0 Å². The Labute approximate surface area is 193 Å². The number of halogens is 1. The number of tetrazole rings is 1. The summed E-state index contributed by atoms with van der Waals surface area (Å²) in [5, 5.41) is 12.6. The van der Waals surface area contributed by atoms with Gasteiger partial charge >= 0.3 is 0 Å². The van der Waals surface area contributed by atoms with Gasteiger partial charge in [-0.15, -0.1) is 5.10 Å². The molecule has 4 rings (SSSR count). The number of rotatable bonds is 9. The SMILES string of the molecule is CC[C@H](c1nnnn1CCc1ccc(OC)c(OC)c1)N1CCN(c2ccc(F)cc2)CC1. The zero-order valence-electron chi connectivity index (χ0n) is 19.4. The third kappa shape index (κ3) is 5.24. The van der Waals surface area contributed by atoms with Crippen molar-refractivity contribution >= 4 is 5.69 Å². The molecule has 1 aliphatic rings. The maximum Gasteiger partial charge on any atom is 0.168 e. The van der Waals surface area contributed by atoms with Crippen LogP contribution < -0.4 is 14.4 Å². The van der Waals surface area contributed by atoms with Crippen molar-refractivity contribution in [3.05, 3.63) is 59.7 Å². The number of nitrogens with zero attached hydrogens (tertiary/aromatic N) is 6. The van der Waals surface area contributed by atoms with Gasteiger partial charge in [0.15, 0.2) is 17.3 Å². The minimum absolute atomic E-state index is 0.153. The summed E-state index contributed by atoms with van der Waals surface area (Å²) in [6.07, 6.45) is 1.71. The van der Waals surface area contributed by atoms with Gasteiger partial charge in [-0.3, -0.25) is 4.90 Å². The van der Waals surface area contributed by atoms with Crippen LogP contribution >= 0.6 is 0 Å². The molecule has 0 spiro atoms. The van der Waals surface area contributed by atoms with Crippen molar-refractivity contribution in [2.24, 2.45) is 0 Å². The maximum absolute atomic E-state index is 13.2. The smallest absolute Gasteiger partial charge is 0.168 e. The highest BCUT2D eigenvalue weighted by molar-refractivity contribution is 5.46. The number of aromatic nitrogens is 4. The Morgan fingerprint density at radius 1 is 0.970 bits per heavy atom. The lowest BCUT2D eigenvalue weighted by molar-refractivity contribution is 0.169. The molecule has 33 heavy (non-hydrogen) atoms. The van der Waals surface area contributed by atoms with Crippen LogP contribution in [0.5, 0.6) is 11.5 Å². The molecule has 0 aliphatic carbocycles. The highest BCUT2D eigenvalue weighted by Gasteiger charge is 2.28. The number of hydrogen-bond acceptors (Lipinski definition) is 7. The molecule has 2 aromatic carbocycles. The first-order valence-corrected chi connectivity index (χ1v) is 11.3. The monoisotopic (exact) mass is 454 g/mol. The summed E-state index contributed by atoms with van der Waals surface area (Å²) in [5.74, 6) is 2.13. The standard InChI is InChI=1S/C24H31FN6O2/c1-4-21(30-15-13-29(14-16-30)20-8-6-19(25)7-9-20)24-26-27-28-31(24)12-11-18-5-10-22(32-2)23(17-18)33-3/h5-10,17,21H,4,11-16H2,1-3H3/t21-/m1/s1. The molecule has 0 radical (unpaired) electrons. The van der Waals surface area contributed by atoms with Gasteiger partial charge in [0, 0.05) is 38.4 Å². The third-order valence-electron chi connectivity index (χ3n) is 6.25. The zero-order chi connectivity index (χ0) is 23.2. The topological polar surface area (TPSA) is 68.5 Å². The predicted octanol–water partition coefficient (Wildman–Crippen LogP) is 3.35. The molecule has 1 aliphatic heterocycles. The molecule has 0 amide bonds. The van der Waals surface area contributed by atoms with Crippen LogP contribution in [0.15, 0.2) is 42.5 Å². The van der Waals surface area contributed by atoms with Crippen LogP contribution in [0.4, 0.5) is 10.1 Å². The van der Waals surface area contributed by atoms with Crippen LogP contribution in [0.3, 0.4) is 0 Å². The van der Waals surface area contributed by atoms with Gasteiger partial charge in [0.25, 0.3) is 0 Å². The van der Waals surface area contributed by atoms with Crippen molar-refractivity contribution in [1.82, 2.24) is 25.1 Å². The van der Waals surface area contributed by atoms with E-state index in [0.717, 1.165) is 67.6 Å². The Balaban J connectivity index is 1.40. The summed E-state index contributed by atoms with van der Waals surface area (Å²) in [5.41, 5.74) is 2.19. The number of hydrogen-bond donors (Lipinski definition) is 0. The van der Waals surface area contributed by atoms with Crippen LogP contribution in [0.1, 0.15) is 30.8 Å². The molecule has 1 fully saturated rings. The van der Waals surface area contributed by atoms with E-state index in [1.807, 2.05) is 35.0 Å². The number of piperazine rings is 1. The molecule has 3 aromatic rings. The lowest BCUT2D eigenvalue weighted by Gasteiger charge is -2.39. The molecule has 0 N–H and O–H groups in total. The average Bonchev–Trinajstić information content (AvgIpc) is 3.32. The van der Waals surface area contributed by atoms with Gasteiger partial charge in [0.1, 0.15) is 5.82 Å². The first kappa shape index (κ1) is 23.0. The molecule has 1 atom stereocenters. The van der Waals surface area contributed by atoms with E-state index < -0.39 is 0 Å². The fraction of sp³-hybridized carbons (Fsp3) is 0.458. The molecule has 0 unspecified atom stereocenters.